The molecule has 2 heterocycles. The van der Waals surface area contributed by atoms with E-state index in [-0.39, 0.29) is 17.4 Å². The van der Waals surface area contributed by atoms with Crippen LogP contribution >= 0.6 is 0 Å². The fourth-order valence-corrected chi connectivity index (χ4v) is 4.94. The standard InChI is InChI=1S/C21H28N2O6S/c24-21(23-10-12-27-13-11-23)20-15-28-19-14-17(6-7-18(19)29-20)30(25,26)22-9-8-16-4-2-1-3-5-16/h4,6-7,14,20,22H,1-3,5,8-13,15H2/t20-/m0/s1. The molecule has 1 N–H and O–H groups in total. The molecule has 1 atom stereocenters. The maximum absolute atomic E-state index is 12.6. The molecule has 0 bridgehead atoms. The monoisotopic (exact) mass is 436 g/mol. The summed E-state index contributed by atoms with van der Waals surface area (Å²) in [5.41, 5.74) is 1.32. The van der Waals surface area contributed by atoms with E-state index in [0.717, 1.165) is 19.3 Å². The van der Waals surface area contributed by atoms with Crippen molar-refractivity contribution >= 4 is 15.9 Å². The number of carbonyl (C=O) groups excluding carboxylic acids is 1. The van der Waals surface area contributed by atoms with Crippen LogP contribution in [0.25, 0.3) is 0 Å². The Balaban J connectivity index is 1.36. The molecule has 0 radical (unpaired) electrons. The number of allylic oxidation sites excluding steroid dienone is 1. The van der Waals surface area contributed by atoms with Gasteiger partial charge in [-0.25, -0.2) is 13.1 Å². The molecule has 1 fully saturated rings. The second-order valence-corrected chi connectivity index (χ2v) is 9.49. The van der Waals surface area contributed by atoms with Gasteiger partial charge in [0, 0.05) is 25.7 Å². The minimum Gasteiger partial charge on any atom is -0.485 e. The Morgan fingerprint density at radius 2 is 2.00 bits per heavy atom. The van der Waals surface area contributed by atoms with Crippen molar-refractivity contribution in [2.45, 2.75) is 43.1 Å². The zero-order chi connectivity index (χ0) is 21.0. The Hall–Kier alpha value is -2.10. The molecular formula is C21H28N2O6S. The highest BCUT2D eigenvalue weighted by Gasteiger charge is 2.32. The van der Waals surface area contributed by atoms with Gasteiger partial charge in [-0.15, -0.1) is 0 Å². The van der Waals surface area contributed by atoms with Crippen molar-refractivity contribution < 1.29 is 27.4 Å². The molecule has 164 valence electrons. The second-order valence-electron chi connectivity index (χ2n) is 7.72. The first-order valence-corrected chi connectivity index (χ1v) is 12.0. The summed E-state index contributed by atoms with van der Waals surface area (Å²) in [7, 11) is -3.64. The predicted molar refractivity (Wildman–Crippen MR) is 110 cm³/mol. The fraction of sp³-hybridized carbons (Fsp3) is 0.571. The number of rotatable bonds is 6. The molecule has 1 saturated heterocycles. The zero-order valence-electron chi connectivity index (χ0n) is 17.0. The number of hydrogen-bond acceptors (Lipinski definition) is 6. The van der Waals surface area contributed by atoms with Crippen LogP contribution in [0.3, 0.4) is 0 Å². The van der Waals surface area contributed by atoms with Crippen LogP contribution in [0, 0.1) is 0 Å². The Morgan fingerprint density at radius 3 is 2.77 bits per heavy atom. The number of nitrogens with one attached hydrogen (secondary N) is 1. The maximum atomic E-state index is 12.6. The first kappa shape index (κ1) is 21.1. The summed E-state index contributed by atoms with van der Waals surface area (Å²) in [5, 5.41) is 0. The van der Waals surface area contributed by atoms with Gasteiger partial charge in [0.25, 0.3) is 5.91 Å². The average Bonchev–Trinajstić information content (AvgIpc) is 2.79. The van der Waals surface area contributed by atoms with Gasteiger partial charge in [0.15, 0.2) is 11.5 Å². The normalized spacial score (nSPS) is 21.8. The number of morpholine rings is 1. The molecule has 30 heavy (non-hydrogen) atoms. The van der Waals surface area contributed by atoms with Gasteiger partial charge in [0.2, 0.25) is 16.1 Å². The summed E-state index contributed by atoms with van der Waals surface area (Å²) in [6.45, 7) is 2.52. The molecule has 2 aliphatic heterocycles. The van der Waals surface area contributed by atoms with E-state index in [1.165, 1.54) is 30.5 Å². The number of fused-ring (bicyclic) bond motifs is 1. The summed E-state index contributed by atoms with van der Waals surface area (Å²) in [5.74, 6) is 0.567. The third-order valence-electron chi connectivity index (χ3n) is 5.61. The van der Waals surface area contributed by atoms with Gasteiger partial charge in [-0.3, -0.25) is 4.79 Å². The molecule has 1 aromatic rings. The number of sulfonamides is 1. The van der Waals surface area contributed by atoms with Crippen molar-refractivity contribution in [1.82, 2.24) is 9.62 Å². The first-order chi connectivity index (χ1) is 14.5. The van der Waals surface area contributed by atoms with E-state index < -0.39 is 16.1 Å². The van der Waals surface area contributed by atoms with Crippen molar-refractivity contribution in [3.8, 4) is 11.5 Å². The highest BCUT2D eigenvalue weighted by Crippen LogP contribution is 2.34. The SMILES string of the molecule is O=C([C@@H]1COc2cc(S(=O)(=O)NCCC3=CCCCC3)ccc2O1)N1CCOCC1. The van der Waals surface area contributed by atoms with Crippen LogP contribution in [0.2, 0.25) is 0 Å². The number of amides is 1. The molecule has 9 heteroatoms. The Morgan fingerprint density at radius 1 is 1.17 bits per heavy atom. The van der Waals surface area contributed by atoms with Crippen LogP contribution in [0.1, 0.15) is 32.1 Å². The summed E-state index contributed by atoms with van der Waals surface area (Å²) in [4.78, 5) is 14.4. The van der Waals surface area contributed by atoms with Crippen molar-refractivity contribution in [1.29, 1.82) is 0 Å². The van der Waals surface area contributed by atoms with Crippen LogP contribution in [-0.4, -0.2) is 64.8 Å². The highest BCUT2D eigenvalue weighted by atomic mass is 32.2. The van der Waals surface area contributed by atoms with Crippen LogP contribution in [-0.2, 0) is 19.6 Å². The summed E-state index contributed by atoms with van der Waals surface area (Å²) < 4.78 is 44.7. The molecule has 1 amide bonds. The number of ether oxygens (including phenoxy) is 3. The molecular weight excluding hydrogens is 408 g/mol. The van der Waals surface area contributed by atoms with E-state index in [1.54, 1.807) is 11.0 Å². The van der Waals surface area contributed by atoms with Crippen LogP contribution in [0.15, 0.2) is 34.7 Å². The van der Waals surface area contributed by atoms with Gasteiger partial charge in [-0.2, -0.15) is 0 Å². The highest BCUT2D eigenvalue weighted by molar-refractivity contribution is 7.89. The minimum atomic E-state index is -3.64. The molecule has 8 nitrogen and oxygen atoms in total. The van der Waals surface area contributed by atoms with Gasteiger partial charge >= 0.3 is 0 Å². The summed E-state index contributed by atoms with van der Waals surface area (Å²) >= 11 is 0. The second kappa shape index (κ2) is 9.36. The lowest BCUT2D eigenvalue weighted by Crippen LogP contribution is -2.50. The molecule has 1 aromatic carbocycles. The van der Waals surface area contributed by atoms with Gasteiger partial charge < -0.3 is 19.1 Å². The fourth-order valence-electron chi connectivity index (χ4n) is 3.89. The Bertz CT molecular complexity index is 908. The topological polar surface area (TPSA) is 94.2 Å². The number of benzene rings is 1. The number of carbonyl (C=O) groups is 1. The molecule has 4 rings (SSSR count). The Labute approximate surface area is 177 Å². The predicted octanol–water partition coefficient (Wildman–Crippen LogP) is 1.85. The van der Waals surface area contributed by atoms with Crippen LogP contribution in [0.5, 0.6) is 11.5 Å². The smallest absolute Gasteiger partial charge is 0.267 e. The van der Waals surface area contributed by atoms with E-state index in [0.29, 0.717) is 44.3 Å². The molecule has 3 aliphatic rings. The van der Waals surface area contributed by atoms with E-state index in [2.05, 4.69) is 10.8 Å². The lowest BCUT2D eigenvalue weighted by atomic mass is 9.97. The van der Waals surface area contributed by atoms with Crippen LogP contribution < -0.4 is 14.2 Å². The number of nitrogens with zero attached hydrogens (tertiary/aromatic N) is 1. The van der Waals surface area contributed by atoms with Crippen molar-refractivity contribution in [2.24, 2.45) is 0 Å². The third-order valence-corrected chi connectivity index (χ3v) is 7.07. The number of hydrogen-bond donors (Lipinski definition) is 1. The van der Waals surface area contributed by atoms with Crippen molar-refractivity contribution in [3.05, 3.63) is 29.8 Å². The van der Waals surface area contributed by atoms with E-state index in [1.807, 2.05) is 0 Å². The maximum Gasteiger partial charge on any atom is 0.267 e. The molecule has 0 unspecified atom stereocenters. The summed E-state index contributed by atoms with van der Waals surface area (Å²) in [6, 6.07) is 4.48. The van der Waals surface area contributed by atoms with E-state index in [9.17, 15) is 13.2 Å². The van der Waals surface area contributed by atoms with Gasteiger partial charge in [-0.1, -0.05) is 11.6 Å². The first-order valence-electron chi connectivity index (χ1n) is 10.5. The van der Waals surface area contributed by atoms with E-state index >= 15 is 0 Å². The average molecular weight is 437 g/mol. The zero-order valence-corrected chi connectivity index (χ0v) is 17.8. The van der Waals surface area contributed by atoms with Gasteiger partial charge in [-0.05, 0) is 44.2 Å². The van der Waals surface area contributed by atoms with Crippen molar-refractivity contribution in [2.75, 3.05) is 39.5 Å². The molecule has 0 aromatic heterocycles. The molecule has 1 aliphatic carbocycles. The lowest BCUT2D eigenvalue weighted by molar-refractivity contribution is -0.145. The quantitative estimate of drug-likeness (QED) is 0.684. The van der Waals surface area contributed by atoms with Crippen molar-refractivity contribution in [3.63, 3.8) is 0 Å². The molecule has 0 saturated carbocycles. The van der Waals surface area contributed by atoms with Gasteiger partial charge in [0.05, 0.1) is 18.1 Å². The largest absolute Gasteiger partial charge is 0.485 e. The van der Waals surface area contributed by atoms with E-state index in [4.69, 9.17) is 14.2 Å². The third kappa shape index (κ3) is 4.96. The molecule has 0 spiro atoms. The van der Waals surface area contributed by atoms with Gasteiger partial charge in [0.1, 0.15) is 6.61 Å². The van der Waals surface area contributed by atoms with Crippen LogP contribution in [0.4, 0.5) is 0 Å². The Kier molecular flexibility index (Phi) is 6.60. The summed E-state index contributed by atoms with van der Waals surface area (Å²) in [6.07, 6.45) is 6.74. The minimum absolute atomic E-state index is 0.0499. The lowest BCUT2D eigenvalue weighted by Gasteiger charge is -2.32.